The molecule has 0 unspecified atom stereocenters. The van der Waals surface area contributed by atoms with E-state index in [9.17, 15) is 0 Å². The van der Waals surface area contributed by atoms with Gasteiger partial charge in [0.05, 0.1) is 6.61 Å². The Kier molecular flexibility index (Phi) is 4.66. The van der Waals surface area contributed by atoms with Crippen LogP contribution in [0.15, 0.2) is 12.3 Å². The van der Waals surface area contributed by atoms with Crippen molar-refractivity contribution in [3.63, 3.8) is 0 Å². The Labute approximate surface area is 82.9 Å². The SMILES string of the molecule is CCOCCNc1ccnc(NN)n1. The highest BCUT2D eigenvalue weighted by molar-refractivity contribution is 5.38. The maximum absolute atomic E-state index is 5.17. The predicted molar refractivity (Wildman–Crippen MR) is 54.8 cm³/mol. The van der Waals surface area contributed by atoms with Gasteiger partial charge in [0.15, 0.2) is 0 Å². The van der Waals surface area contributed by atoms with Crippen LogP contribution in [0.25, 0.3) is 0 Å². The number of nitrogens with two attached hydrogens (primary N) is 1. The summed E-state index contributed by atoms with van der Waals surface area (Å²) in [6.45, 7) is 4.06. The summed E-state index contributed by atoms with van der Waals surface area (Å²) in [5.41, 5.74) is 2.38. The molecule has 0 aromatic carbocycles. The minimum absolute atomic E-state index is 0.395. The van der Waals surface area contributed by atoms with Crippen molar-refractivity contribution in [1.29, 1.82) is 0 Å². The molecule has 14 heavy (non-hydrogen) atoms. The van der Waals surface area contributed by atoms with Crippen LogP contribution in [0.3, 0.4) is 0 Å². The molecule has 0 fully saturated rings. The second kappa shape index (κ2) is 6.11. The number of hydrazine groups is 1. The number of ether oxygens (including phenoxy) is 1. The first-order valence-corrected chi connectivity index (χ1v) is 4.48. The molecule has 0 spiro atoms. The lowest BCUT2D eigenvalue weighted by Crippen LogP contribution is -2.13. The Hall–Kier alpha value is -1.40. The van der Waals surface area contributed by atoms with Crippen LogP contribution in [-0.4, -0.2) is 29.7 Å². The lowest BCUT2D eigenvalue weighted by atomic mass is 10.5. The lowest BCUT2D eigenvalue weighted by Gasteiger charge is -2.06. The van der Waals surface area contributed by atoms with Crippen molar-refractivity contribution in [2.75, 3.05) is 30.5 Å². The number of hydrogen-bond acceptors (Lipinski definition) is 6. The Bertz CT molecular complexity index is 268. The van der Waals surface area contributed by atoms with E-state index < -0.39 is 0 Å². The van der Waals surface area contributed by atoms with Gasteiger partial charge < -0.3 is 10.1 Å². The number of nitrogens with one attached hydrogen (secondary N) is 2. The highest BCUT2D eigenvalue weighted by atomic mass is 16.5. The van der Waals surface area contributed by atoms with Gasteiger partial charge in [0, 0.05) is 19.3 Å². The van der Waals surface area contributed by atoms with Gasteiger partial charge in [0.1, 0.15) is 5.82 Å². The minimum atomic E-state index is 0.395. The van der Waals surface area contributed by atoms with E-state index in [0.29, 0.717) is 12.6 Å². The number of rotatable bonds is 6. The zero-order chi connectivity index (χ0) is 10.2. The molecule has 0 aliphatic carbocycles. The van der Waals surface area contributed by atoms with E-state index in [-0.39, 0.29) is 0 Å². The molecule has 0 radical (unpaired) electrons. The summed E-state index contributed by atoms with van der Waals surface area (Å²) in [5.74, 6) is 6.29. The largest absolute Gasteiger partial charge is 0.380 e. The molecule has 6 nitrogen and oxygen atoms in total. The van der Waals surface area contributed by atoms with Crippen LogP contribution in [0, 0.1) is 0 Å². The van der Waals surface area contributed by atoms with Crippen molar-refractivity contribution in [2.45, 2.75) is 6.92 Å². The van der Waals surface area contributed by atoms with Crippen molar-refractivity contribution in [3.05, 3.63) is 12.3 Å². The number of nitrogen functional groups attached to an aromatic ring is 1. The molecule has 0 saturated carbocycles. The van der Waals surface area contributed by atoms with Crippen molar-refractivity contribution < 1.29 is 4.74 Å². The van der Waals surface area contributed by atoms with Crippen molar-refractivity contribution >= 4 is 11.8 Å². The predicted octanol–water partition coefficient (Wildman–Crippen LogP) is 0.211. The van der Waals surface area contributed by atoms with Crippen molar-refractivity contribution in [2.24, 2.45) is 5.84 Å². The summed E-state index contributed by atoms with van der Waals surface area (Å²) in [5, 5.41) is 3.08. The van der Waals surface area contributed by atoms with Crippen molar-refractivity contribution in [3.8, 4) is 0 Å². The van der Waals surface area contributed by atoms with Gasteiger partial charge in [-0.15, -0.1) is 0 Å². The van der Waals surface area contributed by atoms with Crippen LogP contribution in [0.1, 0.15) is 6.92 Å². The number of hydrogen-bond donors (Lipinski definition) is 3. The molecule has 0 bridgehead atoms. The minimum Gasteiger partial charge on any atom is -0.380 e. The zero-order valence-corrected chi connectivity index (χ0v) is 8.16. The summed E-state index contributed by atoms with van der Waals surface area (Å²) in [7, 11) is 0. The van der Waals surface area contributed by atoms with Gasteiger partial charge >= 0.3 is 0 Å². The van der Waals surface area contributed by atoms with Crippen LogP contribution >= 0.6 is 0 Å². The van der Waals surface area contributed by atoms with Crippen LogP contribution in [-0.2, 0) is 4.74 Å². The number of anilines is 2. The normalized spacial score (nSPS) is 9.86. The topological polar surface area (TPSA) is 85.1 Å². The summed E-state index contributed by atoms with van der Waals surface area (Å²) in [6.07, 6.45) is 1.63. The quantitative estimate of drug-likeness (QED) is 0.343. The van der Waals surface area contributed by atoms with Crippen LogP contribution in [0.5, 0.6) is 0 Å². The zero-order valence-electron chi connectivity index (χ0n) is 8.16. The lowest BCUT2D eigenvalue weighted by molar-refractivity contribution is 0.158. The molecule has 0 aliphatic heterocycles. The monoisotopic (exact) mass is 197 g/mol. The van der Waals surface area contributed by atoms with Crippen molar-refractivity contribution in [1.82, 2.24) is 9.97 Å². The highest BCUT2D eigenvalue weighted by Crippen LogP contribution is 2.03. The summed E-state index contributed by atoms with van der Waals surface area (Å²) < 4.78 is 5.17. The standard InChI is InChI=1S/C8H15N5O/c1-2-14-6-5-10-7-3-4-11-8(12-7)13-9/h3-4H,2,5-6,9H2,1H3,(H2,10,11,12,13). The molecule has 0 amide bonds. The Balaban J connectivity index is 2.34. The maximum Gasteiger partial charge on any atom is 0.239 e. The van der Waals surface area contributed by atoms with E-state index in [1.165, 1.54) is 0 Å². The molecule has 78 valence electrons. The third-order valence-corrected chi connectivity index (χ3v) is 1.54. The fourth-order valence-corrected chi connectivity index (χ4v) is 0.922. The van der Waals surface area contributed by atoms with Gasteiger partial charge in [-0.1, -0.05) is 0 Å². The van der Waals surface area contributed by atoms with Crippen LogP contribution in [0.2, 0.25) is 0 Å². The first-order chi connectivity index (χ1) is 6.86. The fourth-order valence-electron chi connectivity index (χ4n) is 0.922. The third-order valence-electron chi connectivity index (χ3n) is 1.54. The average molecular weight is 197 g/mol. The molecule has 1 heterocycles. The molecule has 4 N–H and O–H groups in total. The fraction of sp³-hybridized carbons (Fsp3) is 0.500. The second-order valence-electron chi connectivity index (χ2n) is 2.53. The van der Waals surface area contributed by atoms with E-state index in [1.807, 2.05) is 6.92 Å². The van der Waals surface area contributed by atoms with Gasteiger partial charge in [-0.05, 0) is 13.0 Å². The van der Waals surface area contributed by atoms with Gasteiger partial charge in [-0.2, -0.15) is 4.98 Å². The molecule has 0 aliphatic rings. The maximum atomic E-state index is 5.17. The highest BCUT2D eigenvalue weighted by Gasteiger charge is 1.95. The smallest absolute Gasteiger partial charge is 0.239 e. The first-order valence-electron chi connectivity index (χ1n) is 4.48. The Morgan fingerprint density at radius 1 is 1.57 bits per heavy atom. The summed E-state index contributed by atoms with van der Waals surface area (Å²) in [6, 6.07) is 1.77. The summed E-state index contributed by atoms with van der Waals surface area (Å²) in [4.78, 5) is 7.96. The van der Waals surface area contributed by atoms with Gasteiger partial charge in [-0.25, -0.2) is 10.8 Å². The molecule has 0 saturated heterocycles. The van der Waals surface area contributed by atoms with E-state index in [2.05, 4.69) is 20.7 Å². The van der Waals surface area contributed by atoms with E-state index in [0.717, 1.165) is 19.0 Å². The molecule has 6 heteroatoms. The first kappa shape index (κ1) is 10.7. The molecule has 1 rings (SSSR count). The molecule has 0 atom stereocenters. The number of nitrogens with zero attached hydrogens (tertiary/aromatic N) is 2. The van der Waals surface area contributed by atoms with Gasteiger partial charge in [-0.3, -0.25) is 5.43 Å². The second-order valence-corrected chi connectivity index (χ2v) is 2.53. The molecule has 1 aromatic rings. The van der Waals surface area contributed by atoms with E-state index >= 15 is 0 Å². The molecular formula is C8H15N5O. The molecular weight excluding hydrogens is 182 g/mol. The van der Waals surface area contributed by atoms with E-state index in [1.54, 1.807) is 12.3 Å². The van der Waals surface area contributed by atoms with Crippen LogP contribution in [0.4, 0.5) is 11.8 Å². The average Bonchev–Trinajstić information content (AvgIpc) is 2.25. The van der Waals surface area contributed by atoms with Crippen LogP contribution < -0.4 is 16.6 Å². The Morgan fingerprint density at radius 2 is 2.43 bits per heavy atom. The third kappa shape index (κ3) is 3.55. The van der Waals surface area contributed by atoms with Gasteiger partial charge in [0.25, 0.3) is 0 Å². The van der Waals surface area contributed by atoms with E-state index in [4.69, 9.17) is 10.6 Å². The molecule has 1 aromatic heterocycles. The number of aromatic nitrogens is 2. The Morgan fingerprint density at radius 3 is 3.14 bits per heavy atom. The summed E-state index contributed by atoms with van der Waals surface area (Å²) >= 11 is 0. The van der Waals surface area contributed by atoms with Gasteiger partial charge in [0.2, 0.25) is 5.95 Å².